The Morgan fingerprint density at radius 3 is 2.50 bits per heavy atom. The first-order valence-electron chi connectivity index (χ1n) is 7.46. The van der Waals surface area contributed by atoms with Crippen LogP contribution in [-0.4, -0.2) is 36.1 Å². The molecule has 0 spiro atoms. The van der Waals surface area contributed by atoms with E-state index < -0.39 is 0 Å². The number of phenolic OH excluding ortho intramolecular Hbond substituents is 1. The molecule has 4 nitrogen and oxygen atoms in total. The number of phenols is 1. The topological polar surface area (TPSA) is 49.8 Å². The van der Waals surface area contributed by atoms with Gasteiger partial charge in [0.25, 0.3) is 5.91 Å². The number of amides is 1. The number of likely N-dealkylation sites (tertiary alicyclic amines) is 1. The molecule has 1 aliphatic heterocycles. The quantitative estimate of drug-likeness (QED) is 0.945. The van der Waals surface area contributed by atoms with Crippen molar-refractivity contribution in [1.29, 1.82) is 0 Å². The van der Waals surface area contributed by atoms with Gasteiger partial charge >= 0.3 is 0 Å². The van der Waals surface area contributed by atoms with Gasteiger partial charge in [-0.3, -0.25) is 4.79 Å². The van der Waals surface area contributed by atoms with E-state index in [4.69, 9.17) is 4.74 Å². The number of hydrogen-bond donors (Lipinski definition) is 1. The second-order valence-corrected chi connectivity index (χ2v) is 5.47. The standard InChI is InChI=1S/C18H19NO3/c1-22-17-8-7-14(12-16(17)20)13-5-4-6-15(11-13)18(21)19-9-2-3-10-19/h4-8,11-12,20H,2-3,9-10H2,1H3. The Kier molecular flexibility index (Phi) is 4.00. The molecule has 0 bridgehead atoms. The minimum Gasteiger partial charge on any atom is -0.504 e. The third kappa shape index (κ3) is 2.77. The van der Waals surface area contributed by atoms with Crippen LogP contribution in [-0.2, 0) is 0 Å². The predicted molar refractivity (Wildman–Crippen MR) is 85.2 cm³/mol. The fraction of sp³-hybridized carbons (Fsp3) is 0.278. The summed E-state index contributed by atoms with van der Waals surface area (Å²) in [7, 11) is 1.52. The van der Waals surface area contributed by atoms with Crippen molar-refractivity contribution in [3.05, 3.63) is 48.0 Å². The largest absolute Gasteiger partial charge is 0.504 e. The summed E-state index contributed by atoms with van der Waals surface area (Å²) >= 11 is 0. The molecule has 0 unspecified atom stereocenters. The van der Waals surface area contributed by atoms with Crippen LogP contribution < -0.4 is 4.74 Å². The molecule has 1 heterocycles. The Morgan fingerprint density at radius 2 is 1.82 bits per heavy atom. The molecule has 22 heavy (non-hydrogen) atoms. The van der Waals surface area contributed by atoms with Crippen molar-refractivity contribution >= 4 is 5.91 Å². The first kappa shape index (κ1) is 14.4. The molecular weight excluding hydrogens is 278 g/mol. The first-order valence-corrected chi connectivity index (χ1v) is 7.46. The van der Waals surface area contributed by atoms with E-state index in [-0.39, 0.29) is 11.7 Å². The van der Waals surface area contributed by atoms with Crippen molar-refractivity contribution in [3.63, 3.8) is 0 Å². The molecule has 1 N–H and O–H groups in total. The molecule has 0 aliphatic carbocycles. The molecule has 0 atom stereocenters. The highest BCUT2D eigenvalue weighted by atomic mass is 16.5. The second kappa shape index (κ2) is 6.10. The number of rotatable bonds is 3. The van der Waals surface area contributed by atoms with Crippen molar-refractivity contribution in [1.82, 2.24) is 4.90 Å². The molecule has 0 radical (unpaired) electrons. The van der Waals surface area contributed by atoms with Crippen molar-refractivity contribution in [3.8, 4) is 22.6 Å². The van der Waals surface area contributed by atoms with E-state index in [1.54, 1.807) is 12.1 Å². The van der Waals surface area contributed by atoms with Crippen LogP contribution in [0.15, 0.2) is 42.5 Å². The second-order valence-electron chi connectivity index (χ2n) is 5.47. The van der Waals surface area contributed by atoms with E-state index in [1.165, 1.54) is 7.11 Å². The lowest BCUT2D eigenvalue weighted by atomic mass is 10.0. The Labute approximate surface area is 130 Å². The highest BCUT2D eigenvalue weighted by Crippen LogP contribution is 2.31. The van der Waals surface area contributed by atoms with E-state index in [1.807, 2.05) is 35.2 Å². The molecule has 0 aromatic heterocycles. The third-order valence-corrected chi connectivity index (χ3v) is 4.01. The lowest BCUT2D eigenvalue weighted by molar-refractivity contribution is 0.0793. The van der Waals surface area contributed by atoms with E-state index in [0.717, 1.165) is 37.1 Å². The van der Waals surface area contributed by atoms with Crippen LogP contribution >= 0.6 is 0 Å². The Bertz CT molecular complexity index is 690. The lowest BCUT2D eigenvalue weighted by Crippen LogP contribution is -2.27. The number of hydrogen-bond acceptors (Lipinski definition) is 3. The SMILES string of the molecule is COc1ccc(-c2cccc(C(=O)N3CCCC3)c2)cc1O. The van der Waals surface area contributed by atoms with E-state index in [0.29, 0.717) is 11.3 Å². The van der Waals surface area contributed by atoms with Gasteiger partial charge in [0.2, 0.25) is 0 Å². The Hall–Kier alpha value is -2.49. The summed E-state index contributed by atoms with van der Waals surface area (Å²) in [6.45, 7) is 1.68. The summed E-state index contributed by atoms with van der Waals surface area (Å²) in [5, 5.41) is 9.90. The molecule has 2 aromatic carbocycles. The summed E-state index contributed by atoms with van der Waals surface area (Å²) in [5.41, 5.74) is 2.45. The number of carbonyl (C=O) groups excluding carboxylic acids is 1. The molecule has 1 fully saturated rings. The van der Waals surface area contributed by atoms with E-state index in [9.17, 15) is 9.90 Å². The molecule has 1 saturated heterocycles. The zero-order chi connectivity index (χ0) is 15.5. The number of nitrogens with zero attached hydrogens (tertiary/aromatic N) is 1. The number of ether oxygens (including phenoxy) is 1. The zero-order valence-electron chi connectivity index (χ0n) is 12.6. The smallest absolute Gasteiger partial charge is 0.253 e. The highest BCUT2D eigenvalue weighted by Gasteiger charge is 2.19. The van der Waals surface area contributed by atoms with Gasteiger partial charge in [0.05, 0.1) is 7.11 Å². The van der Waals surface area contributed by atoms with E-state index in [2.05, 4.69) is 0 Å². The molecule has 0 saturated carbocycles. The number of methoxy groups -OCH3 is 1. The number of benzene rings is 2. The average molecular weight is 297 g/mol. The van der Waals surface area contributed by atoms with Crippen molar-refractivity contribution in [2.75, 3.05) is 20.2 Å². The Balaban J connectivity index is 1.90. The zero-order valence-corrected chi connectivity index (χ0v) is 12.6. The summed E-state index contributed by atoms with van der Waals surface area (Å²) in [5.74, 6) is 0.612. The van der Waals surface area contributed by atoms with Gasteiger partial charge in [0.15, 0.2) is 11.5 Å². The lowest BCUT2D eigenvalue weighted by Gasteiger charge is -2.15. The molecule has 1 aliphatic rings. The van der Waals surface area contributed by atoms with Crippen molar-refractivity contribution < 1.29 is 14.6 Å². The predicted octanol–water partition coefficient (Wildman–Crippen LogP) is 3.30. The van der Waals surface area contributed by atoms with Crippen LogP contribution in [0.25, 0.3) is 11.1 Å². The Morgan fingerprint density at radius 1 is 1.09 bits per heavy atom. The average Bonchev–Trinajstić information content (AvgIpc) is 3.08. The summed E-state index contributed by atoms with van der Waals surface area (Å²) in [4.78, 5) is 14.3. The molecule has 114 valence electrons. The molecule has 1 amide bonds. The van der Waals surface area contributed by atoms with Crippen LogP contribution in [0.3, 0.4) is 0 Å². The number of aromatic hydroxyl groups is 1. The van der Waals surface area contributed by atoms with Gasteiger partial charge in [-0.05, 0) is 48.2 Å². The maximum absolute atomic E-state index is 12.5. The monoisotopic (exact) mass is 297 g/mol. The summed E-state index contributed by atoms with van der Waals surface area (Å²) < 4.78 is 5.05. The van der Waals surface area contributed by atoms with Crippen molar-refractivity contribution in [2.45, 2.75) is 12.8 Å². The molecule has 4 heteroatoms. The maximum Gasteiger partial charge on any atom is 0.253 e. The van der Waals surface area contributed by atoms with Gasteiger partial charge in [-0.25, -0.2) is 0 Å². The minimum atomic E-state index is 0.0806. The summed E-state index contributed by atoms with van der Waals surface area (Å²) in [6, 6.07) is 12.8. The van der Waals surface area contributed by atoms with Gasteiger partial charge < -0.3 is 14.7 Å². The van der Waals surface area contributed by atoms with Crippen LogP contribution in [0.1, 0.15) is 23.2 Å². The fourth-order valence-electron chi connectivity index (χ4n) is 2.80. The van der Waals surface area contributed by atoms with Gasteiger partial charge in [0.1, 0.15) is 0 Å². The highest BCUT2D eigenvalue weighted by molar-refractivity contribution is 5.95. The van der Waals surface area contributed by atoms with Gasteiger partial charge in [-0.1, -0.05) is 18.2 Å². The van der Waals surface area contributed by atoms with Gasteiger partial charge in [0, 0.05) is 18.7 Å². The third-order valence-electron chi connectivity index (χ3n) is 4.01. The molecule has 2 aromatic rings. The fourth-order valence-corrected chi connectivity index (χ4v) is 2.80. The maximum atomic E-state index is 12.5. The van der Waals surface area contributed by atoms with Crippen LogP contribution in [0.2, 0.25) is 0 Å². The summed E-state index contributed by atoms with van der Waals surface area (Å²) in [6.07, 6.45) is 2.16. The van der Waals surface area contributed by atoms with Crippen LogP contribution in [0, 0.1) is 0 Å². The normalized spacial score (nSPS) is 14.1. The van der Waals surface area contributed by atoms with Gasteiger partial charge in [-0.2, -0.15) is 0 Å². The van der Waals surface area contributed by atoms with Crippen LogP contribution in [0.4, 0.5) is 0 Å². The van der Waals surface area contributed by atoms with Crippen LogP contribution in [0.5, 0.6) is 11.5 Å². The number of carbonyl (C=O) groups is 1. The minimum absolute atomic E-state index is 0.0806. The first-order chi connectivity index (χ1) is 10.7. The molecule has 3 rings (SSSR count). The van der Waals surface area contributed by atoms with Crippen molar-refractivity contribution in [2.24, 2.45) is 0 Å². The van der Waals surface area contributed by atoms with E-state index >= 15 is 0 Å². The molecular formula is C18H19NO3. The van der Waals surface area contributed by atoms with Gasteiger partial charge in [-0.15, -0.1) is 0 Å².